The van der Waals surface area contributed by atoms with Gasteiger partial charge in [-0.05, 0) is 30.7 Å². The normalized spacial score (nSPS) is 10.2. The minimum Gasteiger partial charge on any atom is -0.486 e. The second-order valence-electron chi connectivity index (χ2n) is 4.31. The average molecular weight is 292 g/mol. The van der Waals surface area contributed by atoms with Gasteiger partial charge >= 0.3 is 0 Å². The lowest BCUT2D eigenvalue weighted by molar-refractivity contribution is -0.385. The van der Waals surface area contributed by atoms with Gasteiger partial charge in [0.1, 0.15) is 12.4 Å². The number of nitro groups is 1. The Balaban J connectivity index is 2.16. The van der Waals surface area contributed by atoms with Crippen LogP contribution in [0.3, 0.4) is 0 Å². The second-order valence-corrected chi connectivity index (χ2v) is 4.31. The number of hydrogen-bond donors (Lipinski definition) is 2. The van der Waals surface area contributed by atoms with Crippen molar-refractivity contribution < 1.29 is 14.1 Å². The number of anilines is 1. The largest absolute Gasteiger partial charge is 0.486 e. The number of hydrazine groups is 1. The zero-order valence-electron chi connectivity index (χ0n) is 11.2. The van der Waals surface area contributed by atoms with Crippen molar-refractivity contribution in [3.63, 3.8) is 0 Å². The number of pyridine rings is 1. The summed E-state index contributed by atoms with van der Waals surface area (Å²) in [5, 5.41) is 10.7. The molecule has 7 nitrogen and oxygen atoms in total. The van der Waals surface area contributed by atoms with Crippen molar-refractivity contribution in [1.29, 1.82) is 0 Å². The number of nitrogens with one attached hydrogen (secondary N) is 1. The van der Waals surface area contributed by atoms with Crippen LogP contribution in [-0.4, -0.2) is 9.91 Å². The fraction of sp³-hybridized carbons (Fsp3) is 0.154. The van der Waals surface area contributed by atoms with E-state index in [9.17, 15) is 14.5 Å². The number of aromatic nitrogens is 1. The number of ether oxygens (including phenoxy) is 1. The molecule has 0 radical (unpaired) electrons. The standard InChI is InChI=1S/C13H13FN4O3/c1-8-4-12(10(14)6-11(8)18(19)20)21-7-9-2-3-16-13(5-9)17-15/h2-6H,7,15H2,1H3,(H,16,17). The van der Waals surface area contributed by atoms with Crippen molar-refractivity contribution in [2.24, 2.45) is 5.84 Å². The molecular weight excluding hydrogens is 279 g/mol. The smallest absolute Gasteiger partial charge is 0.275 e. The zero-order valence-corrected chi connectivity index (χ0v) is 11.2. The van der Waals surface area contributed by atoms with Crippen LogP contribution in [0.25, 0.3) is 0 Å². The SMILES string of the molecule is Cc1cc(OCc2ccnc(NN)c2)c(F)cc1[N+](=O)[O-]. The summed E-state index contributed by atoms with van der Waals surface area (Å²) in [6.45, 7) is 1.61. The highest BCUT2D eigenvalue weighted by atomic mass is 19.1. The van der Waals surface area contributed by atoms with Crippen LogP contribution in [0.1, 0.15) is 11.1 Å². The van der Waals surface area contributed by atoms with Gasteiger partial charge in [0.05, 0.1) is 11.0 Å². The van der Waals surface area contributed by atoms with Crippen molar-refractivity contribution in [2.75, 3.05) is 5.43 Å². The van der Waals surface area contributed by atoms with Gasteiger partial charge in [-0.2, -0.15) is 0 Å². The van der Waals surface area contributed by atoms with Gasteiger partial charge in [0.25, 0.3) is 5.69 Å². The number of halogens is 1. The third-order valence-corrected chi connectivity index (χ3v) is 2.81. The average Bonchev–Trinajstić information content (AvgIpc) is 2.47. The first kappa shape index (κ1) is 14.7. The first-order valence-electron chi connectivity index (χ1n) is 6.00. The summed E-state index contributed by atoms with van der Waals surface area (Å²) in [5.74, 6) is 4.87. The molecule has 1 aromatic carbocycles. The van der Waals surface area contributed by atoms with E-state index in [1.807, 2.05) is 0 Å². The van der Waals surface area contributed by atoms with Gasteiger partial charge in [-0.1, -0.05) is 0 Å². The van der Waals surface area contributed by atoms with E-state index < -0.39 is 10.7 Å². The minimum absolute atomic E-state index is 0.0443. The maximum atomic E-state index is 13.8. The fourth-order valence-corrected chi connectivity index (χ4v) is 1.76. The lowest BCUT2D eigenvalue weighted by Crippen LogP contribution is -2.09. The van der Waals surface area contributed by atoms with Crippen molar-refractivity contribution >= 4 is 11.5 Å². The number of nitro benzene ring substituents is 1. The topological polar surface area (TPSA) is 103 Å². The van der Waals surface area contributed by atoms with Crippen molar-refractivity contribution in [2.45, 2.75) is 13.5 Å². The molecule has 0 unspecified atom stereocenters. The maximum absolute atomic E-state index is 13.8. The Hall–Kier alpha value is -2.74. The van der Waals surface area contributed by atoms with Gasteiger partial charge in [-0.15, -0.1) is 0 Å². The van der Waals surface area contributed by atoms with E-state index in [4.69, 9.17) is 10.6 Å². The van der Waals surface area contributed by atoms with Crippen molar-refractivity contribution in [3.8, 4) is 5.75 Å². The number of rotatable bonds is 5. The highest BCUT2D eigenvalue weighted by Gasteiger charge is 2.16. The molecule has 0 aliphatic rings. The summed E-state index contributed by atoms with van der Waals surface area (Å²) in [7, 11) is 0. The first-order chi connectivity index (χ1) is 10.0. The van der Waals surface area contributed by atoms with E-state index in [0.717, 1.165) is 11.6 Å². The Bertz CT molecular complexity index is 678. The van der Waals surface area contributed by atoms with Gasteiger partial charge in [0, 0.05) is 11.8 Å². The summed E-state index contributed by atoms with van der Waals surface area (Å²) in [5.41, 5.74) is 3.17. The summed E-state index contributed by atoms with van der Waals surface area (Å²) in [6, 6.07) is 5.49. The molecule has 21 heavy (non-hydrogen) atoms. The molecule has 110 valence electrons. The van der Waals surface area contributed by atoms with Gasteiger partial charge < -0.3 is 10.2 Å². The summed E-state index contributed by atoms with van der Waals surface area (Å²) >= 11 is 0. The van der Waals surface area contributed by atoms with Gasteiger partial charge in [0.2, 0.25) is 0 Å². The lowest BCUT2D eigenvalue weighted by Gasteiger charge is -2.09. The Morgan fingerprint density at radius 1 is 1.48 bits per heavy atom. The molecular formula is C13H13FN4O3. The molecule has 3 N–H and O–H groups in total. The number of nitrogens with two attached hydrogens (primary N) is 1. The van der Waals surface area contributed by atoms with E-state index in [0.29, 0.717) is 11.4 Å². The Morgan fingerprint density at radius 2 is 2.24 bits per heavy atom. The molecule has 2 rings (SSSR count). The van der Waals surface area contributed by atoms with Crippen LogP contribution in [0.5, 0.6) is 5.75 Å². The molecule has 0 fully saturated rings. The molecule has 1 aromatic heterocycles. The van der Waals surface area contributed by atoms with Crippen LogP contribution >= 0.6 is 0 Å². The highest BCUT2D eigenvalue weighted by Crippen LogP contribution is 2.27. The van der Waals surface area contributed by atoms with Crippen molar-refractivity contribution in [3.05, 3.63) is 57.5 Å². The molecule has 0 saturated heterocycles. The molecule has 0 saturated carbocycles. The van der Waals surface area contributed by atoms with Crippen LogP contribution in [0.15, 0.2) is 30.5 Å². The molecule has 0 aliphatic carbocycles. The molecule has 0 bridgehead atoms. The van der Waals surface area contributed by atoms with Gasteiger partial charge in [-0.3, -0.25) is 10.1 Å². The number of aryl methyl sites for hydroxylation is 1. The number of nitrogens with zero attached hydrogens (tertiary/aromatic N) is 2. The minimum atomic E-state index is -0.779. The molecule has 0 aliphatic heterocycles. The Labute approximate surface area is 119 Å². The summed E-state index contributed by atoms with van der Waals surface area (Å²) < 4.78 is 19.1. The number of benzene rings is 1. The maximum Gasteiger partial charge on any atom is 0.275 e. The first-order valence-corrected chi connectivity index (χ1v) is 6.00. The third-order valence-electron chi connectivity index (χ3n) is 2.81. The van der Waals surface area contributed by atoms with E-state index >= 15 is 0 Å². The van der Waals surface area contributed by atoms with Crippen LogP contribution in [0.4, 0.5) is 15.9 Å². The zero-order chi connectivity index (χ0) is 15.4. The Kier molecular flexibility index (Phi) is 4.29. The molecule has 1 heterocycles. The molecule has 0 atom stereocenters. The summed E-state index contributed by atoms with van der Waals surface area (Å²) in [4.78, 5) is 14.0. The number of nitrogen functional groups attached to an aromatic ring is 1. The third kappa shape index (κ3) is 3.42. The van der Waals surface area contributed by atoms with E-state index in [1.165, 1.54) is 19.2 Å². The van der Waals surface area contributed by atoms with Crippen LogP contribution in [-0.2, 0) is 6.61 Å². The summed E-state index contributed by atoms with van der Waals surface area (Å²) in [6.07, 6.45) is 1.53. The molecule has 2 aromatic rings. The molecule has 0 spiro atoms. The number of hydrogen-bond acceptors (Lipinski definition) is 6. The quantitative estimate of drug-likeness (QED) is 0.498. The Morgan fingerprint density at radius 3 is 2.90 bits per heavy atom. The predicted octanol–water partition coefficient (Wildman–Crippen LogP) is 2.30. The van der Waals surface area contributed by atoms with Gasteiger partial charge in [0.15, 0.2) is 11.6 Å². The van der Waals surface area contributed by atoms with Gasteiger partial charge in [-0.25, -0.2) is 15.2 Å². The van der Waals surface area contributed by atoms with Crippen LogP contribution in [0.2, 0.25) is 0 Å². The monoisotopic (exact) mass is 292 g/mol. The van der Waals surface area contributed by atoms with E-state index in [2.05, 4.69) is 10.4 Å². The van der Waals surface area contributed by atoms with E-state index in [-0.39, 0.29) is 18.0 Å². The van der Waals surface area contributed by atoms with Crippen LogP contribution < -0.4 is 16.0 Å². The lowest BCUT2D eigenvalue weighted by atomic mass is 10.2. The van der Waals surface area contributed by atoms with Crippen LogP contribution in [0, 0.1) is 22.9 Å². The fourth-order valence-electron chi connectivity index (χ4n) is 1.76. The van der Waals surface area contributed by atoms with E-state index in [1.54, 1.807) is 12.1 Å². The second kappa shape index (κ2) is 6.14. The molecule has 8 heteroatoms. The highest BCUT2D eigenvalue weighted by molar-refractivity contribution is 5.45. The van der Waals surface area contributed by atoms with Crippen molar-refractivity contribution in [1.82, 2.24) is 4.98 Å². The molecule has 0 amide bonds. The predicted molar refractivity (Wildman–Crippen MR) is 74.2 cm³/mol.